The summed E-state index contributed by atoms with van der Waals surface area (Å²) in [6.07, 6.45) is 2.59. The van der Waals surface area contributed by atoms with E-state index in [1.807, 2.05) is 51.4 Å². The number of carbonyl (C=O) groups excluding carboxylic acids is 1. The van der Waals surface area contributed by atoms with Gasteiger partial charge in [0.1, 0.15) is 11.5 Å². The highest BCUT2D eigenvalue weighted by molar-refractivity contribution is 6.32. The Morgan fingerprint density at radius 1 is 1.18 bits per heavy atom. The summed E-state index contributed by atoms with van der Waals surface area (Å²) in [7, 11) is 6.11. The molecule has 3 aliphatic heterocycles. The number of fused-ring (bicyclic) bond motifs is 2. The summed E-state index contributed by atoms with van der Waals surface area (Å²) in [5.74, 6) is 1.19. The number of anilines is 3. The third-order valence-electron chi connectivity index (χ3n) is 8.54. The monoisotopic (exact) mass is 624 g/mol. The van der Waals surface area contributed by atoms with E-state index in [1.54, 1.807) is 0 Å². The molecule has 2 saturated heterocycles. The van der Waals surface area contributed by atoms with Crippen LogP contribution in [0.5, 0.6) is 11.5 Å². The highest BCUT2D eigenvalue weighted by Crippen LogP contribution is 2.42. The van der Waals surface area contributed by atoms with Crippen molar-refractivity contribution >= 4 is 34.6 Å². The van der Waals surface area contributed by atoms with Gasteiger partial charge in [0.05, 0.1) is 48.1 Å². The minimum atomic E-state index is -0.357. The first-order chi connectivity index (χ1) is 21.2. The average molecular weight is 625 g/mol. The number of carbonyl (C=O) groups is 1. The van der Waals surface area contributed by atoms with Crippen molar-refractivity contribution in [3.8, 4) is 17.6 Å². The van der Waals surface area contributed by atoms with Crippen molar-refractivity contribution in [2.75, 3.05) is 76.6 Å². The average Bonchev–Trinajstić information content (AvgIpc) is 3.37. The van der Waals surface area contributed by atoms with Gasteiger partial charge in [-0.05, 0) is 71.7 Å². The van der Waals surface area contributed by atoms with Crippen LogP contribution in [-0.2, 0) is 4.79 Å². The van der Waals surface area contributed by atoms with Crippen LogP contribution in [0.25, 0.3) is 0 Å². The van der Waals surface area contributed by atoms with E-state index in [1.165, 1.54) is 0 Å². The number of likely N-dealkylation sites (N-methyl/N-ethyl adjacent to an activating group) is 1. The molecular formula is C32H45ClN8O3. The number of nitrogens with zero attached hydrogens (tertiary/aromatic N) is 3. The Balaban J connectivity index is 1.28. The largest absolute Gasteiger partial charge is 0.492 e. The summed E-state index contributed by atoms with van der Waals surface area (Å²) in [5, 5.41) is 27.7. The van der Waals surface area contributed by atoms with E-state index < -0.39 is 0 Å². The zero-order chi connectivity index (χ0) is 31.2. The normalized spacial score (nSPS) is 24.5. The van der Waals surface area contributed by atoms with E-state index in [4.69, 9.17) is 21.1 Å². The molecule has 2 aromatic carbocycles. The van der Waals surface area contributed by atoms with Crippen molar-refractivity contribution in [2.24, 2.45) is 11.8 Å². The molecule has 0 radical (unpaired) electrons. The summed E-state index contributed by atoms with van der Waals surface area (Å²) >= 11 is 6.70. The number of ether oxygens (including phenoxy) is 2. The van der Waals surface area contributed by atoms with E-state index in [9.17, 15) is 10.1 Å². The first-order valence-electron chi connectivity index (χ1n) is 15.5. The molecule has 12 heteroatoms. The highest BCUT2D eigenvalue weighted by atomic mass is 35.5. The maximum absolute atomic E-state index is 12.8. The number of hydrogen-bond donors (Lipinski definition) is 5. The van der Waals surface area contributed by atoms with Crippen LogP contribution < -0.4 is 36.1 Å². The zero-order valence-electron chi connectivity index (χ0n) is 26.1. The molecule has 1 amide bonds. The fourth-order valence-electron chi connectivity index (χ4n) is 6.24. The van der Waals surface area contributed by atoms with Gasteiger partial charge in [-0.15, -0.1) is 0 Å². The lowest BCUT2D eigenvalue weighted by molar-refractivity contribution is -0.116. The molecule has 0 bridgehead atoms. The molecule has 5 atom stereocenters. The number of nitrogens with one attached hydrogen (secondary N) is 5. The Kier molecular flexibility index (Phi) is 10.7. The van der Waals surface area contributed by atoms with E-state index >= 15 is 0 Å². The van der Waals surface area contributed by atoms with Crippen LogP contribution in [0.2, 0.25) is 5.02 Å². The van der Waals surface area contributed by atoms with E-state index in [2.05, 4.69) is 49.5 Å². The van der Waals surface area contributed by atoms with Crippen LogP contribution in [0, 0.1) is 23.2 Å². The molecule has 5 N–H and O–H groups in total. The number of amides is 1. The molecule has 3 aliphatic rings. The van der Waals surface area contributed by atoms with Gasteiger partial charge in [0.2, 0.25) is 5.91 Å². The number of hydrogen-bond acceptors (Lipinski definition) is 10. The number of piperidine rings is 1. The quantitative estimate of drug-likeness (QED) is 0.237. The number of rotatable bonds is 12. The lowest BCUT2D eigenvalue weighted by Gasteiger charge is -2.34. The summed E-state index contributed by atoms with van der Waals surface area (Å²) < 4.78 is 12.0. The summed E-state index contributed by atoms with van der Waals surface area (Å²) in [6, 6.07) is 12.0. The Bertz CT molecular complexity index is 1350. The molecule has 0 aliphatic carbocycles. The predicted molar refractivity (Wildman–Crippen MR) is 174 cm³/mol. The third-order valence-corrected chi connectivity index (χ3v) is 8.84. The van der Waals surface area contributed by atoms with Crippen LogP contribution in [-0.4, -0.2) is 88.6 Å². The van der Waals surface area contributed by atoms with E-state index in [0.29, 0.717) is 66.5 Å². The third kappa shape index (κ3) is 7.68. The van der Waals surface area contributed by atoms with Crippen molar-refractivity contribution in [3.05, 3.63) is 40.9 Å². The first kappa shape index (κ1) is 32.1. The van der Waals surface area contributed by atoms with E-state index in [0.717, 1.165) is 49.5 Å². The maximum Gasteiger partial charge on any atom is 0.224 e. The summed E-state index contributed by atoms with van der Waals surface area (Å²) in [4.78, 5) is 17.1. The summed E-state index contributed by atoms with van der Waals surface area (Å²) in [6.45, 7) is 6.05. The maximum atomic E-state index is 12.8. The van der Waals surface area contributed by atoms with Gasteiger partial charge in [0, 0.05) is 61.1 Å². The Labute approximate surface area is 265 Å². The van der Waals surface area contributed by atoms with Gasteiger partial charge in [0.25, 0.3) is 0 Å². The molecule has 5 rings (SSSR count). The fourth-order valence-corrected chi connectivity index (χ4v) is 6.48. The fraction of sp³-hybridized carbons (Fsp3) is 0.562. The van der Waals surface area contributed by atoms with Gasteiger partial charge in [-0.2, -0.15) is 5.26 Å². The molecule has 5 unspecified atom stereocenters. The topological polar surface area (TPSA) is 126 Å². The van der Waals surface area contributed by atoms with Crippen molar-refractivity contribution in [1.29, 1.82) is 5.26 Å². The van der Waals surface area contributed by atoms with Crippen LogP contribution >= 0.6 is 11.6 Å². The van der Waals surface area contributed by atoms with Gasteiger partial charge in [-0.3, -0.25) is 20.3 Å². The van der Waals surface area contributed by atoms with Crippen LogP contribution in [0.1, 0.15) is 37.8 Å². The molecular weight excluding hydrogens is 580 g/mol. The van der Waals surface area contributed by atoms with Gasteiger partial charge in [-0.1, -0.05) is 11.6 Å². The number of benzene rings is 2. The molecule has 0 spiro atoms. The lowest BCUT2D eigenvalue weighted by Crippen LogP contribution is -2.54. The second-order valence-corrected chi connectivity index (χ2v) is 12.6. The van der Waals surface area contributed by atoms with Crippen molar-refractivity contribution < 1.29 is 14.3 Å². The molecule has 3 heterocycles. The molecule has 0 saturated carbocycles. The highest BCUT2D eigenvalue weighted by Gasteiger charge is 2.37. The molecule has 2 aromatic rings. The number of nitriles is 1. The SMILES string of the molecule is CCOc1cc2c(cc1NC(=O)CCCN(C)C)C(Nc1ccc(OCC3CNC4C(C3)NCN4C)c(Cl)c1)C(C#N)CN2. The second-order valence-electron chi connectivity index (χ2n) is 12.2. The standard InChI is InChI=1S/C32H45ClN8O3/c1-5-43-29-14-25-23(13-26(29)39-30(42)7-6-10-40(2)3)31(21(15-34)17-35-25)38-22-8-9-28(24(33)12-22)44-18-20-11-27-32(36-16-20)41(4)19-37-27/h8-9,12-14,20-21,27,31-32,35-38H,5-7,10-11,16-19H2,1-4H3,(H,39,42). The van der Waals surface area contributed by atoms with Crippen molar-refractivity contribution in [2.45, 2.75) is 44.4 Å². The van der Waals surface area contributed by atoms with Gasteiger partial charge < -0.3 is 30.3 Å². The molecule has 11 nitrogen and oxygen atoms in total. The molecule has 2 fully saturated rings. The van der Waals surface area contributed by atoms with E-state index in [-0.39, 0.29) is 17.9 Å². The van der Waals surface area contributed by atoms with Crippen LogP contribution in [0.4, 0.5) is 17.1 Å². The Morgan fingerprint density at radius 2 is 2.02 bits per heavy atom. The minimum absolute atomic E-state index is 0.0732. The Hall–Kier alpha value is -3.27. The molecule has 44 heavy (non-hydrogen) atoms. The predicted octanol–water partition coefficient (Wildman–Crippen LogP) is 3.91. The van der Waals surface area contributed by atoms with Crippen molar-refractivity contribution in [3.63, 3.8) is 0 Å². The Morgan fingerprint density at radius 3 is 2.77 bits per heavy atom. The van der Waals surface area contributed by atoms with Crippen LogP contribution in [0.3, 0.4) is 0 Å². The molecule has 0 aromatic heterocycles. The van der Waals surface area contributed by atoms with Gasteiger partial charge in [-0.25, -0.2) is 0 Å². The first-order valence-corrected chi connectivity index (χ1v) is 15.9. The van der Waals surface area contributed by atoms with Gasteiger partial charge in [0.15, 0.2) is 0 Å². The second kappa shape index (κ2) is 14.7. The smallest absolute Gasteiger partial charge is 0.224 e. The number of halogens is 1. The minimum Gasteiger partial charge on any atom is -0.492 e. The van der Waals surface area contributed by atoms with Crippen molar-refractivity contribution in [1.82, 2.24) is 20.4 Å². The van der Waals surface area contributed by atoms with Gasteiger partial charge >= 0.3 is 0 Å². The zero-order valence-corrected chi connectivity index (χ0v) is 26.8. The lowest BCUT2D eigenvalue weighted by atomic mass is 9.88. The van der Waals surface area contributed by atoms with Crippen LogP contribution in [0.15, 0.2) is 30.3 Å². The molecule has 238 valence electrons. The summed E-state index contributed by atoms with van der Waals surface area (Å²) in [5.41, 5.74) is 3.11.